The van der Waals surface area contributed by atoms with Crippen LogP contribution in [0.25, 0.3) is 15.9 Å². The Morgan fingerprint density at radius 2 is 2.13 bits per heavy atom. The van der Waals surface area contributed by atoms with Gasteiger partial charge in [0.1, 0.15) is 5.60 Å². The van der Waals surface area contributed by atoms with Crippen molar-refractivity contribution in [3.05, 3.63) is 34.8 Å². The molecule has 1 aliphatic rings. The minimum atomic E-state index is -0.488. The minimum Gasteiger partial charge on any atom is -0.443 e. The van der Waals surface area contributed by atoms with Gasteiger partial charge in [0.25, 0.3) is 0 Å². The maximum absolute atomic E-state index is 12.5. The Balaban J connectivity index is 1.93. The molecule has 122 valence electrons. The van der Waals surface area contributed by atoms with Crippen LogP contribution in [0.1, 0.15) is 44.2 Å². The zero-order valence-corrected chi connectivity index (χ0v) is 14.9. The number of benzene rings is 1. The van der Waals surface area contributed by atoms with Gasteiger partial charge in [-0.2, -0.15) is 0 Å². The highest BCUT2D eigenvalue weighted by molar-refractivity contribution is 7.18. The van der Waals surface area contributed by atoms with Crippen LogP contribution in [-0.2, 0) is 4.74 Å². The van der Waals surface area contributed by atoms with E-state index in [1.165, 1.54) is 0 Å². The van der Waals surface area contributed by atoms with Crippen molar-refractivity contribution in [1.82, 2.24) is 9.88 Å². The molecule has 0 saturated heterocycles. The Labute approximate surface area is 140 Å². The van der Waals surface area contributed by atoms with Crippen LogP contribution in [0.15, 0.2) is 24.3 Å². The van der Waals surface area contributed by atoms with E-state index in [0.717, 1.165) is 39.3 Å². The van der Waals surface area contributed by atoms with E-state index in [2.05, 4.69) is 17.1 Å². The molecule has 23 heavy (non-hydrogen) atoms. The fourth-order valence-corrected chi connectivity index (χ4v) is 3.56. The molecular weight excluding hydrogens is 308 g/mol. The predicted octanol–water partition coefficient (Wildman–Crippen LogP) is 4.98. The summed E-state index contributed by atoms with van der Waals surface area (Å²) in [7, 11) is 0. The average Bonchev–Trinajstić information content (AvgIpc) is 2.84. The Bertz CT molecular complexity index is 771. The third-order valence-corrected chi connectivity index (χ3v) is 4.55. The lowest BCUT2D eigenvalue weighted by Crippen LogP contribution is -2.37. The number of carbonyl (C=O) groups excluding carboxylic acids is 1. The standard InChI is InChI=1S/C18H22N2O2S/c1-12-19-14-9-8-13(11-16(14)23-12)15-7-5-6-10-20(15)17(21)22-18(2,3)4/h7-9,11H,5-6,10H2,1-4H3. The molecular formula is C18H22N2O2S. The van der Waals surface area contributed by atoms with E-state index in [0.29, 0.717) is 6.54 Å². The molecule has 5 heteroatoms. The number of amides is 1. The molecule has 0 spiro atoms. The number of fused-ring (bicyclic) bond motifs is 1. The lowest BCUT2D eigenvalue weighted by molar-refractivity contribution is 0.0347. The maximum Gasteiger partial charge on any atom is 0.414 e. The van der Waals surface area contributed by atoms with Gasteiger partial charge < -0.3 is 4.74 Å². The van der Waals surface area contributed by atoms with Gasteiger partial charge in [0, 0.05) is 6.54 Å². The van der Waals surface area contributed by atoms with Crippen LogP contribution in [0.5, 0.6) is 0 Å². The lowest BCUT2D eigenvalue weighted by atomic mass is 10.1. The van der Waals surface area contributed by atoms with Crippen LogP contribution >= 0.6 is 11.3 Å². The summed E-state index contributed by atoms with van der Waals surface area (Å²) in [5.41, 5.74) is 2.51. The topological polar surface area (TPSA) is 42.4 Å². The molecule has 0 radical (unpaired) electrons. The third-order valence-electron chi connectivity index (χ3n) is 3.62. The maximum atomic E-state index is 12.5. The Morgan fingerprint density at radius 3 is 2.87 bits per heavy atom. The van der Waals surface area contributed by atoms with Gasteiger partial charge in [0.2, 0.25) is 0 Å². The van der Waals surface area contributed by atoms with E-state index in [4.69, 9.17) is 4.74 Å². The first-order valence-corrected chi connectivity index (χ1v) is 8.73. The number of nitrogens with zero attached hydrogens (tertiary/aromatic N) is 2. The highest BCUT2D eigenvalue weighted by Crippen LogP contribution is 2.30. The van der Waals surface area contributed by atoms with Crippen molar-refractivity contribution in [2.24, 2.45) is 0 Å². The molecule has 0 bridgehead atoms. The minimum absolute atomic E-state index is 0.274. The van der Waals surface area contributed by atoms with Gasteiger partial charge in [0.15, 0.2) is 0 Å². The normalized spacial score (nSPS) is 15.7. The summed E-state index contributed by atoms with van der Waals surface area (Å²) >= 11 is 1.68. The summed E-state index contributed by atoms with van der Waals surface area (Å²) in [4.78, 5) is 18.8. The number of aryl methyl sites for hydroxylation is 1. The zero-order chi connectivity index (χ0) is 16.6. The largest absolute Gasteiger partial charge is 0.443 e. The van der Waals surface area contributed by atoms with Crippen molar-refractivity contribution in [2.75, 3.05) is 6.54 Å². The van der Waals surface area contributed by atoms with Gasteiger partial charge >= 0.3 is 6.09 Å². The third kappa shape index (κ3) is 3.55. The van der Waals surface area contributed by atoms with Crippen molar-refractivity contribution in [3.63, 3.8) is 0 Å². The molecule has 0 saturated carbocycles. The monoisotopic (exact) mass is 330 g/mol. The van der Waals surface area contributed by atoms with Gasteiger partial charge in [-0.05, 0) is 58.2 Å². The van der Waals surface area contributed by atoms with Crippen LogP contribution < -0.4 is 0 Å². The lowest BCUT2D eigenvalue weighted by Gasteiger charge is -2.31. The summed E-state index contributed by atoms with van der Waals surface area (Å²) in [6.45, 7) is 8.39. The average molecular weight is 330 g/mol. The van der Waals surface area contributed by atoms with Crippen LogP contribution in [0.3, 0.4) is 0 Å². The molecule has 4 nitrogen and oxygen atoms in total. The quantitative estimate of drug-likeness (QED) is 0.741. The van der Waals surface area contributed by atoms with Gasteiger partial charge in [0.05, 0.1) is 20.9 Å². The van der Waals surface area contributed by atoms with E-state index < -0.39 is 5.60 Å². The van der Waals surface area contributed by atoms with E-state index in [-0.39, 0.29) is 6.09 Å². The van der Waals surface area contributed by atoms with Gasteiger partial charge in [-0.25, -0.2) is 9.78 Å². The van der Waals surface area contributed by atoms with E-state index in [9.17, 15) is 4.79 Å². The van der Waals surface area contributed by atoms with Crippen LogP contribution in [-0.4, -0.2) is 28.1 Å². The number of hydrogen-bond acceptors (Lipinski definition) is 4. The molecule has 2 heterocycles. The molecule has 3 rings (SSSR count). The summed E-state index contributed by atoms with van der Waals surface area (Å²) < 4.78 is 6.71. The molecule has 1 amide bonds. The SMILES string of the molecule is Cc1nc2ccc(C3=CCCCN3C(=O)OC(C)(C)C)cc2s1. The summed E-state index contributed by atoms with van der Waals surface area (Å²) in [6.07, 6.45) is 3.80. The zero-order valence-electron chi connectivity index (χ0n) is 14.0. The fraction of sp³-hybridized carbons (Fsp3) is 0.444. The van der Waals surface area contributed by atoms with Gasteiger partial charge in [-0.1, -0.05) is 12.1 Å². The first-order valence-electron chi connectivity index (χ1n) is 7.92. The highest BCUT2D eigenvalue weighted by atomic mass is 32.1. The highest BCUT2D eigenvalue weighted by Gasteiger charge is 2.27. The van der Waals surface area contributed by atoms with Crippen molar-refractivity contribution in [1.29, 1.82) is 0 Å². The number of aromatic nitrogens is 1. The fourth-order valence-electron chi connectivity index (χ4n) is 2.70. The number of allylic oxidation sites excluding steroid dienone is 1. The molecule has 2 aromatic rings. The molecule has 1 aromatic heterocycles. The molecule has 1 aromatic carbocycles. The summed E-state index contributed by atoms with van der Waals surface area (Å²) in [5, 5.41) is 1.05. The number of carbonyl (C=O) groups is 1. The number of hydrogen-bond donors (Lipinski definition) is 0. The number of thiazole rings is 1. The molecule has 0 atom stereocenters. The second-order valence-corrected chi connectivity index (χ2v) is 8.01. The van der Waals surface area contributed by atoms with Crippen molar-refractivity contribution in [2.45, 2.75) is 46.1 Å². The Morgan fingerprint density at radius 1 is 1.35 bits per heavy atom. The molecule has 0 unspecified atom stereocenters. The van der Waals surface area contributed by atoms with Crippen molar-refractivity contribution >= 4 is 33.3 Å². The molecule has 1 aliphatic heterocycles. The molecule has 0 aliphatic carbocycles. The summed E-state index contributed by atoms with van der Waals surface area (Å²) in [5.74, 6) is 0. The first kappa shape index (κ1) is 16.0. The van der Waals surface area contributed by atoms with E-state index in [1.54, 1.807) is 16.2 Å². The smallest absolute Gasteiger partial charge is 0.414 e. The Kier molecular flexibility index (Phi) is 4.15. The summed E-state index contributed by atoms with van der Waals surface area (Å²) in [6, 6.07) is 6.18. The van der Waals surface area contributed by atoms with Crippen molar-refractivity contribution < 1.29 is 9.53 Å². The van der Waals surface area contributed by atoms with Crippen molar-refractivity contribution in [3.8, 4) is 0 Å². The molecule has 0 fully saturated rings. The van der Waals surface area contributed by atoms with Gasteiger partial charge in [-0.3, -0.25) is 4.90 Å². The van der Waals surface area contributed by atoms with Gasteiger partial charge in [-0.15, -0.1) is 11.3 Å². The molecule has 0 N–H and O–H groups in total. The number of rotatable bonds is 1. The Hall–Kier alpha value is -1.88. The van der Waals surface area contributed by atoms with E-state index >= 15 is 0 Å². The van der Waals surface area contributed by atoms with Crippen LogP contribution in [0.4, 0.5) is 4.79 Å². The first-order chi connectivity index (χ1) is 10.8. The second-order valence-electron chi connectivity index (χ2n) is 6.78. The van der Waals surface area contributed by atoms with Crippen LogP contribution in [0, 0.1) is 6.92 Å². The van der Waals surface area contributed by atoms with Crippen LogP contribution in [0.2, 0.25) is 0 Å². The van der Waals surface area contributed by atoms with E-state index in [1.807, 2.05) is 39.8 Å². The number of ether oxygens (including phenoxy) is 1. The predicted molar refractivity (Wildman–Crippen MR) is 94.5 cm³/mol. The second kappa shape index (κ2) is 5.96.